The lowest BCUT2D eigenvalue weighted by molar-refractivity contribution is -0.133. The van der Waals surface area contributed by atoms with Gasteiger partial charge in [-0.05, 0) is 70.2 Å². The van der Waals surface area contributed by atoms with Gasteiger partial charge in [0.15, 0.2) is 23.1 Å². The molecule has 1 saturated heterocycles. The van der Waals surface area contributed by atoms with E-state index >= 15 is 4.39 Å². The van der Waals surface area contributed by atoms with Gasteiger partial charge in [0.25, 0.3) is 0 Å². The van der Waals surface area contributed by atoms with Crippen LogP contribution in [0.3, 0.4) is 0 Å². The number of morpholine rings is 1. The summed E-state index contributed by atoms with van der Waals surface area (Å²) in [5, 5.41) is 0.564. The minimum atomic E-state index is -1.05. The highest BCUT2D eigenvalue weighted by atomic mass is 79.9. The highest BCUT2D eigenvalue weighted by Crippen LogP contribution is 2.49. The smallest absolute Gasteiger partial charge is 0.230 e. The Bertz CT molecular complexity index is 1690. The van der Waals surface area contributed by atoms with Crippen molar-refractivity contribution < 1.29 is 32.6 Å². The van der Waals surface area contributed by atoms with Crippen LogP contribution in [0.25, 0.3) is 10.9 Å². The maximum Gasteiger partial charge on any atom is 0.230 e. The third-order valence-electron chi connectivity index (χ3n) is 8.08. The highest BCUT2D eigenvalue weighted by Gasteiger charge is 2.54. The van der Waals surface area contributed by atoms with Crippen molar-refractivity contribution in [1.82, 2.24) is 14.9 Å². The molecule has 3 heterocycles. The molecule has 0 bridgehead atoms. The van der Waals surface area contributed by atoms with Gasteiger partial charge in [0.2, 0.25) is 5.88 Å². The molecule has 8 nitrogen and oxygen atoms in total. The average molecular weight is 667 g/mol. The van der Waals surface area contributed by atoms with Gasteiger partial charge >= 0.3 is 0 Å². The molecule has 0 atom stereocenters. The van der Waals surface area contributed by atoms with Gasteiger partial charge in [-0.1, -0.05) is 18.2 Å². The second-order valence-corrected chi connectivity index (χ2v) is 11.8. The molecule has 44 heavy (non-hydrogen) atoms. The lowest BCUT2D eigenvalue weighted by Gasteiger charge is -2.26. The third-order valence-corrected chi connectivity index (χ3v) is 8.80. The Balaban J connectivity index is 1.10. The number of fused-ring (bicyclic) bond motifs is 1. The molecule has 6 rings (SSSR count). The number of nitrogens with zero attached hydrogens (tertiary/aromatic N) is 3. The molecule has 0 N–H and O–H groups in total. The summed E-state index contributed by atoms with van der Waals surface area (Å²) in [4.78, 5) is 37.2. The Hall–Kier alpha value is -3.80. The monoisotopic (exact) mass is 665 g/mol. The Morgan fingerprint density at radius 2 is 1.64 bits per heavy atom. The second kappa shape index (κ2) is 13.1. The number of hydrogen-bond acceptors (Lipinski definition) is 8. The molecule has 0 amide bonds. The van der Waals surface area contributed by atoms with Gasteiger partial charge in [0.05, 0.1) is 29.5 Å². The summed E-state index contributed by atoms with van der Waals surface area (Å²) < 4.78 is 46.2. The first-order valence-electron chi connectivity index (χ1n) is 14.5. The minimum absolute atomic E-state index is 0.0239. The van der Waals surface area contributed by atoms with Crippen LogP contribution >= 0.6 is 15.9 Å². The number of aromatic nitrogens is 2. The van der Waals surface area contributed by atoms with Gasteiger partial charge in [-0.2, -0.15) is 0 Å². The predicted molar refractivity (Wildman–Crippen MR) is 162 cm³/mol. The van der Waals surface area contributed by atoms with Crippen LogP contribution in [0.4, 0.5) is 8.78 Å². The van der Waals surface area contributed by atoms with Crippen LogP contribution in [0.2, 0.25) is 0 Å². The fourth-order valence-electron chi connectivity index (χ4n) is 5.33. The number of pyridine rings is 2. The van der Waals surface area contributed by atoms with E-state index in [1.807, 2.05) is 0 Å². The van der Waals surface area contributed by atoms with Crippen molar-refractivity contribution in [2.45, 2.75) is 25.7 Å². The van der Waals surface area contributed by atoms with E-state index in [1.165, 1.54) is 24.3 Å². The lowest BCUT2D eigenvalue weighted by Crippen LogP contribution is -2.38. The summed E-state index contributed by atoms with van der Waals surface area (Å²) in [6, 6.07) is 11.6. The molecule has 2 aliphatic rings. The topological polar surface area (TPSA) is 90.9 Å². The normalized spacial score (nSPS) is 16.1. The van der Waals surface area contributed by atoms with Crippen LogP contribution in [-0.2, 0) is 27.2 Å². The van der Waals surface area contributed by atoms with E-state index in [0.717, 1.165) is 19.6 Å². The zero-order chi connectivity index (χ0) is 30.7. The third kappa shape index (κ3) is 6.64. The maximum atomic E-state index is 15.2. The van der Waals surface area contributed by atoms with E-state index in [4.69, 9.17) is 14.2 Å². The summed E-state index contributed by atoms with van der Waals surface area (Å²) >= 11 is 3.54. The highest BCUT2D eigenvalue weighted by molar-refractivity contribution is 9.10. The fraction of sp³-hybridized carbons (Fsp3) is 0.333. The number of halogens is 3. The standard InChI is InChI=1S/C33H30BrF2N3O5/c34-30-31-24(20-38-32(30)43-16-13-39-11-14-42-15-12-39)26(7-10-37-31)44-27-6-3-22(17-25(27)36)19-29(41)33(8-9-33)28(40)18-21-1-4-23(35)5-2-21/h1-7,10,17,20H,8-9,11-16,18-19H2. The summed E-state index contributed by atoms with van der Waals surface area (Å²) in [6.07, 6.45) is 4.05. The molecule has 2 aromatic carbocycles. The van der Waals surface area contributed by atoms with Gasteiger partial charge in [-0.3, -0.25) is 19.5 Å². The second-order valence-electron chi connectivity index (χ2n) is 11.0. The Labute approximate surface area is 261 Å². The van der Waals surface area contributed by atoms with Crippen molar-refractivity contribution in [3.05, 3.63) is 88.2 Å². The number of ketones is 2. The molecule has 228 valence electrons. The number of Topliss-reactive ketones (excluding diaryl/α,β-unsaturated/α-hetero) is 2. The van der Waals surface area contributed by atoms with E-state index < -0.39 is 11.2 Å². The first kappa shape index (κ1) is 30.2. The molecule has 0 unspecified atom stereocenters. The molecule has 11 heteroatoms. The Morgan fingerprint density at radius 3 is 2.34 bits per heavy atom. The molecule has 1 aliphatic heterocycles. The predicted octanol–water partition coefficient (Wildman–Crippen LogP) is 5.88. The van der Waals surface area contributed by atoms with E-state index in [-0.39, 0.29) is 36.0 Å². The van der Waals surface area contributed by atoms with Gasteiger partial charge < -0.3 is 14.2 Å². The Morgan fingerprint density at radius 1 is 0.932 bits per heavy atom. The molecule has 0 radical (unpaired) electrons. The van der Waals surface area contributed by atoms with Crippen molar-refractivity contribution in [3.8, 4) is 17.4 Å². The number of ether oxygens (including phenoxy) is 3. The summed E-state index contributed by atoms with van der Waals surface area (Å²) in [5.41, 5.74) is 0.605. The van der Waals surface area contributed by atoms with Gasteiger partial charge in [0, 0.05) is 44.9 Å². The lowest BCUT2D eigenvalue weighted by atomic mass is 9.88. The average Bonchev–Trinajstić information content (AvgIpc) is 3.84. The molecular weight excluding hydrogens is 636 g/mol. The van der Waals surface area contributed by atoms with Crippen LogP contribution in [0, 0.1) is 17.0 Å². The quantitative estimate of drug-likeness (QED) is 0.173. The van der Waals surface area contributed by atoms with Crippen molar-refractivity contribution in [1.29, 1.82) is 0 Å². The van der Waals surface area contributed by atoms with E-state index in [0.29, 0.717) is 70.8 Å². The molecule has 2 fully saturated rings. The summed E-state index contributed by atoms with van der Waals surface area (Å²) in [5.74, 6) is -0.721. The van der Waals surface area contributed by atoms with E-state index in [2.05, 4.69) is 30.8 Å². The minimum Gasteiger partial charge on any atom is -0.475 e. The van der Waals surface area contributed by atoms with Crippen LogP contribution in [-0.4, -0.2) is 65.9 Å². The molecule has 4 aromatic rings. The van der Waals surface area contributed by atoms with Crippen LogP contribution in [0.5, 0.6) is 17.4 Å². The van der Waals surface area contributed by atoms with E-state index in [9.17, 15) is 14.0 Å². The summed E-state index contributed by atoms with van der Waals surface area (Å²) in [6.45, 7) is 4.37. The van der Waals surface area contributed by atoms with Crippen molar-refractivity contribution in [3.63, 3.8) is 0 Å². The zero-order valence-corrected chi connectivity index (χ0v) is 25.4. The van der Waals surface area contributed by atoms with Gasteiger partial charge in [-0.25, -0.2) is 13.8 Å². The number of carbonyl (C=O) groups excluding carboxylic acids is 2. The number of benzene rings is 2. The van der Waals surface area contributed by atoms with Crippen LogP contribution in [0.1, 0.15) is 24.0 Å². The van der Waals surface area contributed by atoms with Crippen molar-refractivity contribution in [2.75, 3.05) is 39.5 Å². The molecule has 2 aromatic heterocycles. The zero-order valence-electron chi connectivity index (χ0n) is 23.9. The Kier molecular flexibility index (Phi) is 8.97. The fourth-order valence-corrected chi connectivity index (χ4v) is 5.86. The van der Waals surface area contributed by atoms with Crippen molar-refractivity contribution >= 4 is 38.4 Å². The molecule has 1 aliphatic carbocycles. The van der Waals surface area contributed by atoms with E-state index in [1.54, 1.807) is 36.7 Å². The van der Waals surface area contributed by atoms with Gasteiger partial charge in [0.1, 0.15) is 22.6 Å². The van der Waals surface area contributed by atoms with Crippen LogP contribution in [0.15, 0.2) is 65.4 Å². The summed E-state index contributed by atoms with van der Waals surface area (Å²) in [7, 11) is 0. The number of hydrogen-bond donors (Lipinski definition) is 0. The van der Waals surface area contributed by atoms with Crippen LogP contribution < -0.4 is 9.47 Å². The maximum absolute atomic E-state index is 15.2. The number of rotatable bonds is 12. The van der Waals surface area contributed by atoms with Crippen molar-refractivity contribution in [2.24, 2.45) is 5.41 Å². The largest absolute Gasteiger partial charge is 0.475 e. The molecule has 0 spiro atoms. The first-order chi connectivity index (χ1) is 21.3. The van der Waals surface area contributed by atoms with Gasteiger partial charge in [-0.15, -0.1) is 0 Å². The number of carbonyl (C=O) groups is 2. The molecular formula is C33H30BrF2N3O5. The first-order valence-corrected chi connectivity index (χ1v) is 15.3. The SMILES string of the molecule is O=C(Cc1ccc(F)cc1)C1(C(=O)Cc2ccc(Oc3ccnc4c(Br)c(OCCN5CCOCC5)ncc34)c(F)c2)CC1. The molecule has 1 saturated carbocycles.